The van der Waals surface area contributed by atoms with E-state index >= 15 is 0 Å². The van der Waals surface area contributed by atoms with E-state index in [0.29, 0.717) is 58.4 Å². The number of nitrogens with zero attached hydrogens (tertiary/aromatic N) is 1. The van der Waals surface area contributed by atoms with Crippen molar-refractivity contribution in [1.82, 2.24) is 5.43 Å². The summed E-state index contributed by atoms with van der Waals surface area (Å²) in [6, 6.07) is 8.57. The molecule has 2 aromatic carbocycles. The molecule has 0 aliphatic heterocycles. The average molecular weight is 503 g/mol. The number of terminal acetylenes is 1. The average Bonchev–Trinajstić information content (AvgIpc) is 2.78. The number of nitrogens with one attached hydrogen (secondary N) is 1. The first kappa shape index (κ1) is 25.1. The van der Waals surface area contributed by atoms with E-state index in [1.54, 1.807) is 30.3 Å². The number of benzene rings is 2. The van der Waals surface area contributed by atoms with E-state index in [0.717, 1.165) is 6.42 Å². The van der Waals surface area contributed by atoms with Crippen LogP contribution in [-0.2, 0) is 0 Å². The predicted octanol–water partition coefficient (Wildman–Crippen LogP) is 4.81. The molecular weight excluding hydrogens is 476 g/mol. The third-order valence-corrected chi connectivity index (χ3v) is 4.57. The van der Waals surface area contributed by atoms with Gasteiger partial charge < -0.3 is 18.9 Å². The van der Waals surface area contributed by atoms with Crippen LogP contribution in [0.15, 0.2) is 39.9 Å². The van der Waals surface area contributed by atoms with E-state index in [4.69, 9.17) is 25.4 Å². The Labute approximate surface area is 197 Å². The van der Waals surface area contributed by atoms with Gasteiger partial charge in [0.1, 0.15) is 6.61 Å². The van der Waals surface area contributed by atoms with Crippen LogP contribution in [0.25, 0.3) is 0 Å². The largest absolute Gasteiger partial charge is 0.490 e. The quantitative estimate of drug-likeness (QED) is 0.256. The molecule has 0 aliphatic carbocycles. The van der Waals surface area contributed by atoms with Crippen molar-refractivity contribution in [3.05, 3.63) is 45.9 Å². The molecule has 32 heavy (non-hydrogen) atoms. The van der Waals surface area contributed by atoms with Gasteiger partial charge in [0.15, 0.2) is 23.0 Å². The Bertz CT molecular complexity index is 985. The van der Waals surface area contributed by atoms with Crippen molar-refractivity contribution in [2.75, 3.05) is 26.4 Å². The minimum Gasteiger partial charge on any atom is -0.490 e. The minimum absolute atomic E-state index is 0.119. The zero-order chi connectivity index (χ0) is 23.3. The lowest BCUT2D eigenvalue weighted by atomic mass is 10.2. The Balaban J connectivity index is 2.14. The summed E-state index contributed by atoms with van der Waals surface area (Å²) < 4.78 is 23.1. The molecule has 0 spiro atoms. The number of carbonyl (C=O) groups excluding carboxylic acids is 1. The molecule has 7 nitrogen and oxygen atoms in total. The van der Waals surface area contributed by atoms with E-state index in [1.165, 1.54) is 6.21 Å². The fraction of sp³-hybridized carbons (Fsp3) is 0.333. The van der Waals surface area contributed by atoms with Crippen LogP contribution in [0.5, 0.6) is 23.0 Å². The van der Waals surface area contributed by atoms with Gasteiger partial charge in [0.25, 0.3) is 5.91 Å². The summed E-state index contributed by atoms with van der Waals surface area (Å²) in [5, 5.41) is 4.05. The Kier molecular flexibility index (Phi) is 10.4. The first-order valence-electron chi connectivity index (χ1n) is 10.3. The molecule has 0 fully saturated rings. The zero-order valence-electron chi connectivity index (χ0n) is 18.4. The molecule has 170 valence electrons. The molecule has 0 atom stereocenters. The highest BCUT2D eigenvalue weighted by molar-refractivity contribution is 9.10. The van der Waals surface area contributed by atoms with Crippen molar-refractivity contribution in [2.45, 2.75) is 27.2 Å². The Morgan fingerprint density at radius 2 is 1.81 bits per heavy atom. The van der Waals surface area contributed by atoms with Crippen LogP contribution < -0.4 is 24.4 Å². The first-order valence-corrected chi connectivity index (χ1v) is 11.1. The number of carbonyl (C=O) groups is 1. The molecule has 8 heteroatoms. The fourth-order valence-electron chi connectivity index (χ4n) is 2.66. The molecule has 0 aliphatic rings. The van der Waals surface area contributed by atoms with Crippen LogP contribution >= 0.6 is 15.9 Å². The second kappa shape index (κ2) is 13.3. The highest BCUT2D eigenvalue weighted by Crippen LogP contribution is 2.36. The molecule has 1 amide bonds. The van der Waals surface area contributed by atoms with Gasteiger partial charge in [-0.2, -0.15) is 5.10 Å². The lowest BCUT2D eigenvalue weighted by Gasteiger charge is -2.13. The van der Waals surface area contributed by atoms with Crippen LogP contribution in [0.1, 0.15) is 43.1 Å². The van der Waals surface area contributed by atoms with Crippen LogP contribution in [0.4, 0.5) is 0 Å². The lowest BCUT2D eigenvalue weighted by molar-refractivity contribution is 0.0954. The maximum absolute atomic E-state index is 12.5. The summed E-state index contributed by atoms with van der Waals surface area (Å²) in [5.74, 6) is 4.21. The molecule has 2 rings (SSSR count). The summed E-state index contributed by atoms with van der Waals surface area (Å²) >= 11 is 3.45. The number of ether oxygens (including phenoxy) is 4. The molecular formula is C24H27BrN2O5. The monoisotopic (exact) mass is 502 g/mol. The predicted molar refractivity (Wildman–Crippen MR) is 128 cm³/mol. The van der Waals surface area contributed by atoms with Gasteiger partial charge in [-0.3, -0.25) is 4.79 Å². The smallest absolute Gasteiger partial charge is 0.271 e. The van der Waals surface area contributed by atoms with Crippen molar-refractivity contribution in [3.63, 3.8) is 0 Å². The molecule has 0 aromatic heterocycles. The third-order valence-electron chi connectivity index (χ3n) is 3.98. The number of rotatable bonds is 12. The number of halogens is 1. The van der Waals surface area contributed by atoms with E-state index in [-0.39, 0.29) is 12.5 Å². The van der Waals surface area contributed by atoms with E-state index in [9.17, 15) is 4.79 Å². The molecule has 0 saturated carbocycles. The van der Waals surface area contributed by atoms with Crippen LogP contribution in [0.2, 0.25) is 0 Å². The Hall–Kier alpha value is -3.18. The molecule has 1 N–H and O–H groups in total. The summed E-state index contributed by atoms with van der Waals surface area (Å²) in [6.45, 7) is 7.37. The topological polar surface area (TPSA) is 78.4 Å². The van der Waals surface area contributed by atoms with E-state index < -0.39 is 0 Å². The Morgan fingerprint density at radius 1 is 1.06 bits per heavy atom. The molecule has 2 aromatic rings. The summed E-state index contributed by atoms with van der Waals surface area (Å²) in [4.78, 5) is 12.5. The van der Waals surface area contributed by atoms with Crippen LogP contribution in [-0.4, -0.2) is 38.5 Å². The van der Waals surface area contributed by atoms with E-state index in [2.05, 4.69) is 32.4 Å². The van der Waals surface area contributed by atoms with Gasteiger partial charge >= 0.3 is 0 Å². The van der Waals surface area contributed by atoms with Gasteiger partial charge in [-0.05, 0) is 72.1 Å². The maximum Gasteiger partial charge on any atom is 0.271 e. The number of hydrogen-bond donors (Lipinski definition) is 1. The number of hydrogen-bond acceptors (Lipinski definition) is 6. The normalized spacial score (nSPS) is 10.5. The van der Waals surface area contributed by atoms with Crippen molar-refractivity contribution < 1.29 is 23.7 Å². The van der Waals surface area contributed by atoms with Crippen molar-refractivity contribution >= 4 is 28.1 Å². The fourth-order valence-corrected chi connectivity index (χ4v) is 3.23. The van der Waals surface area contributed by atoms with Crippen LogP contribution in [0, 0.1) is 12.3 Å². The highest BCUT2D eigenvalue weighted by atomic mass is 79.9. The van der Waals surface area contributed by atoms with Crippen molar-refractivity contribution in [2.24, 2.45) is 5.10 Å². The van der Waals surface area contributed by atoms with Gasteiger partial charge in [-0.15, -0.1) is 6.42 Å². The van der Waals surface area contributed by atoms with E-state index in [1.807, 2.05) is 20.8 Å². The van der Waals surface area contributed by atoms with Crippen molar-refractivity contribution in [1.29, 1.82) is 0 Å². The highest BCUT2D eigenvalue weighted by Gasteiger charge is 2.13. The SMILES string of the molecule is C#CCOc1c(Br)cc(/C=N/NC(=O)c2ccc(OCCC)c(OCC)c2)cc1OCC. The zero-order valence-corrected chi connectivity index (χ0v) is 20.0. The molecule has 0 unspecified atom stereocenters. The second-order valence-electron chi connectivity index (χ2n) is 6.40. The third kappa shape index (κ3) is 7.20. The summed E-state index contributed by atoms with van der Waals surface area (Å²) in [7, 11) is 0. The number of hydrazone groups is 1. The van der Waals surface area contributed by atoms with Gasteiger partial charge in [0, 0.05) is 5.56 Å². The molecule has 0 bridgehead atoms. The summed E-state index contributed by atoms with van der Waals surface area (Å²) in [5.41, 5.74) is 3.63. The van der Waals surface area contributed by atoms with Gasteiger partial charge in [-0.25, -0.2) is 5.43 Å². The lowest BCUT2D eigenvalue weighted by Crippen LogP contribution is -2.17. The molecule has 0 heterocycles. The minimum atomic E-state index is -0.373. The first-order chi connectivity index (χ1) is 15.5. The van der Waals surface area contributed by atoms with Gasteiger partial charge in [0.2, 0.25) is 0 Å². The summed E-state index contributed by atoms with van der Waals surface area (Å²) in [6.07, 6.45) is 7.66. The molecule has 0 radical (unpaired) electrons. The van der Waals surface area contributed by atoms with Crippen molar-refractivity contribution in [3.8, 4) is 35.3 Å². The second-order valence-corrected chi connectivity index (χ2v) is 7.25. The van der Waals surface area contributed by atoms with Gasteiger partial charge in [0.05, 0.1) is 30.5 Å². The standard InChI is InChI=1S/C24H27BrN2O5/c1-5-11-31-20-10-9-18(15-21(20)29-7-3)24(28)27-26-16-17-13-19(25)23(32-12-6-2)22(14-17)30-8-4/h2,9-10,13-16H,5,7-8,11-12H2,1,3-4H3,(H,27,28)/b26-16+. The van der Waals surface area contributed by atoms with Crippen LogP contribution in [0.3, 0.4) is 0 Å². The Morgan fingerprint density at radius 3 is 2.50 bits per heavy atom. The van der Waals surface area contributed by atoms with Gasteiger partial charge in [-0.1, -0.05) is 12.8 Å². The maximum atomic E-state index is 12.5. The molecule has 0 saturated heterocycles. The number of amides is 1.